The van der Waals surface area contributed by atoms with Crippen LogP contribution in [0.5, 0.6) is 0 Å². The van der Waals surface area contributed by atoms with Crippen molar-refractivity contribution < 1.29 is 13.2 Å². The SMILES string of the molecule is CNS(=O)(=O)c1ccc(Cl)c(C(C)=O)c1. The molecular formula is C9H10ClNO3S. The van der Waals surface area contributed by atoms with Crippen LogP contribution in [-0.2, 0) is 10.0 Å². The van der Waals surface area contributed by atoms with Gasteiger partial charge in [-0.15, -0.1) is 0 Å². The molecule has 6 heteroatoms. The standard InChI is InChI=1S/C9H10ClNO3S/c1-6(12)8-5-7(3-4-9(8)10)15(13,14)11-2/h3-5,11H,1-2H3. The molecule has 0 bridgehead atoms. The molecule has 0 amide bonds. The molecule has 0 aliphatic carbocycles. The van der Waals surface area contributed by atoms with E-state index in [0.29, 0.717) is 0 Å². The normalized spacial score (nSPS) is 11.4. The maximum absolute atomic E-state index is 11.4. The number of Topliss-reactive ketones (excluding diaryl/α,β-unsaturated/α-hetero) is 1. The predicted molar refractivity (Wildman–Crippen MR) is 57.7 cm³/mol. The van der Waals surface area contributed by atoms with Crippen LogP contribution in [0.1, 0.15) is 17.3 Å². The minimum atomic E-state index is -3.53. The first-order valence-corrected chi connectivity index (χ1v) is 5.98. The lowest BCUT2D eigenvalue weighted by molar-refractivity contribution is 0.101. The number of hydrogen-bond donors (Lipinski definition) is 1. The zero-order valence-electron chi connectivity index (χ0n) is 8.24. The number of halogens is 1. The van der Waals surface area contributed by atoms with Crippen LogP contribution in [0.15, 0.2) is 23.1 Å². The van der Waals surface area contributed by atoms with Crippen LogP contribution < -0.4 is 4.72 Å². The first-order valence-electron chi connectivity index (χ1n) is 4.12. The molecule has 0 saturated heterocycles. The molecule has 82 valence electrons. The van der Waals surface area contributed by atoms with Crippen molar-refractivity contribution in [2.75, 3.05) is 7.05 Å². The van der Waals surface area contributed by atoms with Crippen molar-refractivity contribution >= 4 is 27.4 Å². The second-order valence-corrected chi connectivity index (χ2v) is 5.20. The molecule has 0 fully saturated rings. The van der Waals surface area contributed by atoms with E-state index in [2.05, 4.69) is 4.72 Å². The van der Waals surface area contributed by atoms with E-state index in [1.165, 1.54) is 32.2 Å². The van der Waals surface area contributed by atoms with Crippen LogP contribution in [0.4, 0.5) is 0 Å². The third-order valence-corrected chi connectivity index (χ3v) is 3.64. The predicted octanol–water partition coefficient (Wildman–Crippen LogP) is 1.45. The maximum Gasteiger partial charge on any atom is 0.240 e. The highest BCUT2D eigenvalue weighted by atomic mass is 35.5. The molecule has 1 aromatic carbocycles. The maximum atomic E-state index is 11.4. The minimum Gasteiger partial charge on any atom is -0.294 e. The van der Waals surface area contributed by atoms with Gasteiger partial charge in [0.25, 0.3) is 0 Å². The van der Waals surface area contributed by atoms with Gasteiger partial charge in [0.05, 0.1) is 9.92 Å². The fraction of sp³-hybridized carbons (Fsp3) is 0.222. The van der Waals surface area contributed by atoms with E-state index >= 15 is 0 Å². The minimum absolute atomic E-state index is 0.0274. The summed E-state index contributed by atoms with van der Waals surface area (Å²) in [6, 6.07) is 4.00. The zero-order chi connectivity index (χ0) is 11.6. The van der Waals surface area contributed by atoms with Gasteiger partial charge in [0.2, 0.25) is 10.0 Å². The lowest BCUT2D eigenvalue weighted by atomic mass is 10.1. The largest absolute Gasteiger partial charge is 0.294 e. The van der Waals surface area contributed by atoms with E-state index < -0.39 is 10.0 Å². The Kier molecular flexibility index (Phi) is 3.49. The molecule has 15 heavy (non-hydrogen) atoms. The van der Waals surface area contributed by atoms with Gasteiger partial charge >= 0.3 is 0 Å². The molecule has 0 aliphatic heterocycles. The van der Waals surface area contributed by atoms with E-state index in [4.69, 9.17) is 11.6 Å². The van der Waals surface area contributed by atoms with E-state index in [9.17, 15) is 13.2 Å². The van der Waals surface area contributed by atoms with Crippen molar-refractivity contribution in [2.45, 2.75) is 11.8 Å². The Morgan fingerprint density at radius 2 is 2.00 bits per heavy atom. The molecule has 1 rings (SSSR count). The summed E-state index contributed by atoms with van der Waals surface area (Å²) >= 11 is 5.75. The van der Waals surface area contributed by atoms with Gasteiger partial charge in [-0.05, 0) is 32.2 Å². The van der Waals surface area contributed by atoms with Gasteiger partial charge < -0.3 is 0 Å². The average Bonchev–Trinajstić information content (AvgIpc) is 2.17. The van der Waals surface area contributed by atoms with Gasteiger partial charge in [-0.2, -0.15) is 0 Å². The number of benzene rings is 1. The third kappa shape index (κ3) is 2.56. The molecule has 0 atom stereocenters. The molecule has 0 spiro atoms. The third-order valence-electron chi connectivity index (χ3n) is 1.90. The molecule has 0 unspecified atom stereocenters. The molecular weight excluding hydrogens is 238 g/mol. The van der Waals surface area contributed by atoms with Gasteiger partial charge in [-0.1, -0.05) is 11.6 Å². The molecule has 0 saturated carbocycles. The summed E-state index contributed by atoms with van der Waals surface area (Å²) in [7, 11) is -2.23. The summed E-state index contributed by atoms with van der Waals surface area (Å²) in [5.41, 5.74) is 0.202. The average molecular weight is 248 g/mol. The monoisotopic (exact) mass is 247 g/mol. The number of hydrogen-bond acceptors (Lipinski definition) is 3. The molecule has 1 N–H and O–H groups in total. The van der Waals surface area contributed by atoms with Gasteiger partial charge in [0.15, 0.2) is 5.78 Å². The van der Waals surface area contributed by atoms with Crippen LogP contribution in [0, 0.1) is 0 Å². The fourth-order valence-electron chi connectivity index (χ4n) is 1.06. The lowest BCUT2D eigenvalue weighted by Gasteiger charge is -2.05. The van der Waals surface area contributed by atoms with Gasteiger partial charge in [-0.3, -0.25) is 4.79 Å². The number of carbonyl (C=O) groups excluding carboxylic acids is 1. The number of sulfonamides is 1. The highest BCUT2D eigenvalue weighted by Crippen LogP contribution is 2.20. The summed E-state index contributed by atoms with van der Waals surface area (Å²) in [6.45, 7) is 1.33. The molecule has 0 aliphatic rings. The Hall–Kier alpha value is -0.910. The first-order chi connectivity index (χ1) is 6.88. The number of nitrogens with one attached hydrogen (secondary N) is 1. The number of rotatable bonds is 3. The number of ketones is 1. The van der Waals surface area contributed by atoms with Crippen LogP contribution in [0.3, 0.4) is 0 Å². The summed E-state index contributed by atoms with van der Waals surface area (Å²) in [5.74, 6) is -0.270. The highest BCUT2D eigenvalue weighted by Gasteiger charge is 2.14. The summed E-state index contributed by atoms with van der Waals surface area (Å²) < 4.78 is 25.0. The van der Waals surface area contributed by atoms with E-state index in [-0.39, 0.29) is 21.3 Å². The van der Waals surface area contributed by atoms with Gasteiger partial charge in [0.1, 0.15) is 0 Å². The molecule has 0 radical (unpaired) electrons. The summed E-state index contributed by atoms with van der Waals surface area (Å²) in [5, 5.41) is 0.248. The van der Waals surface area contributed by atoms with Crippen molar-refractivity contribution in [1.29, 1.82) is 0 Å². The smallest absolute Gasteiger partial charge is 0.240 e. The Bertz CT molecular complexity index is 496. The fourth-order valence-corrected chi connectivity index (χ4v) is 2.07. The van der Waals surface area contributed by atoms with Crippen molar-refractivity contribution in [3.63, 3.8) is 0 Å². The highest BCUT2D eigenvalue weighted by molar-refractivity contribution is 7.89. The summed E-state index contributed by atoms with van der Waals surface area (Å²) in [6.07, 6.45) is 0. The topological polar surface area (TPSA) is 63.2 Å². The molecule has 0 aromatic heterocycles. The Labute approximate surface area is 93.3 Å². The Morgan fingerprint density at radius 3 is 2.47 bits per heavy atom. The van der Waals surface area contributed by atoms with Crippen LogP contribution in [-0.4, -0.2) is 21.2 Å². The van der Waals surface area contributed by atoms with Crippen LogP contribution in [0.2, 0.25) is 5.02 Å². The van der Waals surface area contributed by atoms with Crippen molar-refractivity contribution in [2.24, 2.45) is 0 Å². The van der Waals surface area contributed by atoms with E-state index in [1.807, 2.05) is 0 Å². The molecule has 0 heterocycles. The summed E-state index contributed by atoms with van der Waals surface area (Å²) in [4.78, 5) is 11.2. The molecule has 1 aromatic rings. The van der Waals surface area contributed by atoms with E-state index in [1.54, 1.807) is 0 Å². The van der Waals surface area contributed by atoms with Crippen LogP contribution in [0.25, 0.3) is 0 Å². The van der Waals surface area contributed by atoms with Crippen LogP contribution >= 0.6 is 11.6 Å². The Morgan fingerprint density at radius 1 is 1.40 bits per heavy atom. The first kappa shape index (κ1) is 12.2. The van der Waals surface area contributed by atoms with Gasteiger partial charge in [-0.25, -0.2) is 13.1 Å². The quantitative estimate of drug-likeness (QED) is 0.823. The lowest BCUT2D eigenvalue weighted by Crippen LogP contribution is -2.18. The van der Waals surface area contributed by atoms with Crippen molar-refractivity contribution in [3.8, 4) is 0 Å². The Balaban J connectivity index is 3.38. The number of carbonyl (C=O) groups is 1. The van der Waals surface area contributed by atoms with Crippen molar-refractivity contribution in [1.82, 2.24) is 4.72 Å². The van der Waals surface area contributed by atoms with Crippen molar-refractivity contribution in [3.05, 3.63) is 28.8 Å². The zero-order valence-corrected chi connectivity index (χ0v) is 9.82. The second-order valence-electron chi connectivity index (χ2n) is 2.91. The van der Waals surface area contributed by atoms with E-state index in [0.717, 1.165) is 0 Å². The second kappa shape index (κ2) is 4.30. The molecule has 4 nitrogen and oxygen atoms in total. The van der Waals surface area contributed by atoms with Gasteiger partial charge in [0, 0.05) is 5.56 Å².